The van der Waals surface area contributed by atoms with Crippen LogP contribution in [0.25, 0.3) is 0 Å². The molecule has 70 valence electrons. The predicted molar refractivity (Wildman–Crippen MR) is 38.3 cm³/mol. The first kappa shape index (κ1) is 9.44. The number of ether oxygens (including phenoxy) is 1. The largest absolute Gasteiger partial charge is 0.479 e. The van der Waals surface area contributed by atoms with Crippen LogP contribution < -0.4 is 0 Å². The molecule has 5 nitrogen and oxygen atoms in total. The Balaban J connectivity index is 2.71. The molecule has 1 saturated heterocycles. The summed E-state index contributed by atoms with van der Waals surface area (Å²) in [5.74, 6) is -1.66. The maximum atomic E-state index is 10.5. The van der Waals surface area contributed by atoms with Gasteiger partial charge >= 0.3 is 5.97 Å². The first-order chi connectivity index (χ1) is 5.57. The van der Waals surface area contributed by atoms with E-state index in [1.807, 2.05) is 0 Å². The van der Waals surface area contributed by atoms with Gasteiger partial charge in [-0.3, -0.25) is 0 Å². The highest BCUT2D eigenvalue weighted by Crippen LogP contribution is 2.28. The molecule has 5 heteroatoms. The number of hydrogen-bond donors (Lipinski definition) is 3. The Bertz CT molecular complexity index is 181. The molecule has 0 aromatic carbocycles. The van der Waals surface area contributed by atoms with Crippen LogP contribution in [0.4, 0.5) is 0 Å². The minimum Gasteiger partial charge on any atom is -0.479 e. The predicted octanol–water partition coefficient (Wildman–Crippen LogP) is -0.825. The van der Waals surface area contributed by atoms with Gasteiger partial charge in [0, 0.05) is 5.92 Å². The van der Waals surface area contributed by atoms with Crippen LogP contribution in [0.5, 0.6) is 0 Å². The van der Waals surface area contributed by atoms with Crippen molar-refractivity contribution < 1.29 is 24.9 Å². The Kier molecular flexibility index (Phi) is 2.66. The lowest BCUT2D eigenvalue weighted by molar-refractivity contribution is -0.164. The molecule has 1 rings (SSSR count). The Morgan fingerprint density at radius 3 is 2.42 bits per heavy atom. The molecule has 0 aliphatic carbocycles. The summed E-state index contributed by atoms with van der Waals surface area (Å²) >= 11 is 0. The fourth-order valence-corrected chi connectivity index (χ4v) is 1.42. The van der Waals surface area contributed by atoms with Crippen molar-refractivity contribution in [2.24, 2.45) is 5.92 Å². The van der Waals surface area contributed by atoms with E-state index in [-0.39, 0.29) is 0 Å². The molecule has 1 aliphatic heterocycles. The summed E-state index contributed by atoms with van der Waals surface area (Å²) in [4.78, 5) is 10.5. The van der Waals surface area contributed by atoms with Crippen LogP contribution in [0.3, 0.4) is 0 Å². The quantitative estimate of drug-likeness (QED) is 0.511. The molecular weight excluding hydrogens is 164 g/mol. The molecule has 0 aromatic rings. The van der Waals surface area contributed by atoms with Gasteiger partial charge in [-0.2, -0.15) is 0 Å². The van der Waals surface area contributed by atoms with Gasteiger partial charge in [0.05, 0.1) is 0 Å². The van der Waals surface area contributed by atoms with Gasteiger partial charge in [-0.15, -0.1) is 0 Å². The average molecular weight is 176 g/mol. The molecule has 0 bridgehead atoms. The van der Waals surface area contributed by atoms with Crippen molar-refractivity contribution >= 4 is 5.97 Å². The second kappa shape index (κ2) is 3.38. The number of aliphatic hydroxyl groups excluding tert-OH is 2. The van der Waals surface area contributed by atoms with Gasteiger partial charge in [-0.05, 0) is 6.42 Å². The SMILES string of the molecule is CC[C@@H]1[C@@H](C(=O)O)OC(O)[C@@H]1O. The number of hydrogen-bond acceptors (Lipinski definition) is 4. The highest BCUT2D eigenvalue weighted by molar-refractivity contribution is 5.73. The average Bonchev–Trinajstić information content (AvgIpc) is 2.29. The second-order valence-electron chi connectivity index (χ2n) is 2.85. The Morgan fingerprint density at radius 2 is 2.08 bits per heavy atom. The van der Waals surface area contributed by atoms with Crippen LogP contribution in [0.1, 0.15) is 13.3 Å². The lowest BCUT2D eigenvalue weighted by atomic mass is 9.96. The third kappa shape index (κ3) is 1.43. The second-order valence-corrected chi connectivity index (χ2v) is 2.85. The zero-order valence-electron chi connectivity index (χ0n) is 6.67. The third-order valence-corrected chi connectivity index (χ3v) is 2.12. The molecule has 1 unspecified atom stereocenters. The smallest absolute Gasteiger partial charge is 0.333 e. The van der Waals surface area contributed by atoms with Gasteiger partial charge in [0.2, 0.25) is 0 Å². The van der Waals surface area contributed by atoms with Crippen LogP contribution in [0, 0.1) is 5.92 Å². The highest BCUT2D eigenvalue weighted by Gasteiger charge is 2.45. The van der Waals surface area contributed by atoms with Crippen LogP contribution >= 0.6 is 0 Å². The first-order valence-electron chi connectivity index (χ1n) is 3.82. The van der Waals surface area contributed by atoms with E-state index >= 15 is 0 Å². The number of rotatable bonds is 2. The molecule has 12 heavy (non-hydrogen) atoms. The van der Waals surface area contributed by atoms with Gasteiger partial charge < -0.3 is 20.1 Å². The van der Waals surface area contributed by atoms with Crippen molar-refractivity contribution in [3.8, 4) is 0 Å². The Morgan fingerprint density at radius 1 is 1.50 bits per heavy atom. The standard InChI is InChI=1S/C7H12O5/c1-2-3-4(8)7(11)12-5(3)6(9)10/h3-5,7-8,11H,2H2,1H3,(H,9,10)/t3-,4+,5-,7?/m0/s1. The van der Waals surface area contributed by atoms with E-state index in [1.54, 1.807) is 6.92 Å². The fourth-order valence-electron chi connectivity index (χ4n) is 1.42. The number of aliphatic carboxylic acids is 1. The van der Waals surface area contributed by atoms with Crippen molar-refractivity contribution in [2.75, 3.05) is 0 Å². The van der Waals surface area contributed by atoms with Crippen LogP contribution in [-0.2, 0) is 9.53 Å². The normalized spacial score (nSPS) is 41.6. The monoisotopic (exact) mass is 176 g/mol. The number of carbonyl (C=O) groups is 1. The van der Waals surface area contributed by atoms with Crippen LogP contribution in [0.15, 0.2) is 0 Å². The fraction of sp³-hybridized carbons (Fsp3) is 0.857. The molecule has 4 atom stereocenters. The van der Waals surface area contributed by atoms with E-state index in [2.05, 4.69) is 4.74 Å². The molecule has 1 fully saturated rings. The minimum atomic E-state index is -1.36. The van der Waals surface area contributed by atoms with E-state index in [0.717, 1.165) is 0 Å². The highest BCUT2D eigenvalue weighted by atomic mass is 16.6. The Labute approximate surface area is 69.6 Å². The topological polar surface area (TPSA) is 87.0 Å². The van der Waals surface area contributed by atoms with Crippen LogP contribution in [-0.4, -0.2) is 39.8 Å². The lowest BCUT2D eigenvalue weighted by Crippen LogP contribution is -2.30. The maximum Gasteiger partial charge on any atom is 0.333 e. The van der Waals surface area contributed by atoms with Crippen molar-refractivity contribution in [1.29, 1.82) is 0 Å². The van der Waals surface area contributed by atoms with Crippen molar-refractivity contribution in [1.82, 2.24) is 0 Å². The van der Waals surface area contributed by atoms with Gasteiger partial charge in [-0.1, -0.05) is 6.92 Å². The molecule has 0 aromatic heterocycles. The van der Waals surface area contributed by atoms with Crippen molar-refractivity contribution in [2.45, 2.75) is 31.8 Å². The maximum absolute atomic E-state index is 10.5. The lowest BCUT2D eigenvalue weighted by Gasteiger charge is -2.13. The van der Waals surface area contributed by atoms with E-state index in [4.69, 9.17) is 10.2 Å². The zero-order chi connectivity index (χ0) is 9.30. The van der Waals surface area contributed by atoms with E-state index in [1.165, 1.54) is 0 Å². The van der Waals surface area contributed by atoms with Crippen molar-refractivity contribution in [3.63, 3.8) is 0 Å². The molecule has 0 spiro atoms. The third-order valence-electron chi connectivity index (χ3n) is 2.12. The molecule has 0 radical (unpaired) electrons. The number of carboxylic acid groups (broad SMARTS) is 1. The molecule has 0 saturated carbocycles. The molecule has 3 N–H and O–H groups in total. The van der Waals surface area contributed by atoms with Gasteiger partial charge in [0.25, 0.3) is 0 Å². The minimum absolute atomic E-state index is 0.467. The van der Waals surface area contributed by atoms with E-state index in [9.17, 15) is 9.90 Å². The zero-order valence-corrected chi connectivity index (χ0v) is 6.67. The summed E-state index contributed by atoms with van der Waals surface area (Å²) in [7, 11) is 0. The Hall–Kier alpha value is -0.650. The van der Waals surface area contributed by atoms with Gasteiger partial charge in [0.1, 0.15) is 6.10 Å². The molecule has 0 amide bonds. The molecule has 1 aliphatic rings. The van der Waals surface area contributed by atoms with E-state index < -0.39 is 30.4 Å². The van der Waals surface area contributed by atoms with Gasteiger partial charge in [-0.25, -0.2) is 4.79 Å². The van der Waals surface area contributed by atoms with E-state index in [0.29, 0.717) is 6.42 Å². The summed E-state index contributed by atoms with van der Waals surface area (Å²) in [5.41, 5.74) is 0. The first-order valence-corrected chi connectivity index (χ1v) is 3.82. The summed E-state index contributed by atoms with van der Waals surface area (Å²) in [5, 5.41) is 26.8. The van der Waals surface area contributed by atoms with Gasteiger partial charge in [0.15, 0.2) is 12.4 Å². The van der Waals surface area contributed by atoms with Crippen molar-refractivity contribution in [3.05, 3.63) is 0 Å². The molecule has 1 heterocycles. The summed E-state index contributed by atoms with van der Waals surface area (Å²) in [6.07, 6.45) is -3.07. The summed E-state index contributed by atoms with van der Waals surface area (Å²) in [6, 6.07) is 0. The summed E-state index contributed by atoms with van der Waals surface area (Å²) in [6.45, 7) is 1.74. The number of carboxylic acids is 1. The summed E-state index contributed by atoms with van der Waals surface area (Å²) < 4.78 is 4.64. The number of aliphatic hydroxyl groups is 2. The molecular formula is C7H12O5. The van der Waals surface area contributed by atoms with Crippen LogP contribution in [0.2, 0.25) is 0 Å².